The van der Waals surface area contributed by atoms with Crippen LogP contribution in [0.1, 0.15) is 138 Å². The highest BCUT2D eigenvalue weighted by Crippen LogP contribution is 2.66. The Morgan fingerprint density at radius 2 is 1.54 bits per heavy atom. The first-order valence-corrected chi connectivity index (χ1v) is 20.1. The molecule has 2 amide bonds. The van der Waals surface area contributed by atoms with Crippen molar-refractivity contribution in [3.05, 3.63) is 12.2 Å². The second kappa shape index (κ2) is 13.6. The van der Waals surface area contributed by atoms with Crippen LogP contribution in [0.5, 0.6) is 0 Å². The van der Waals surface area contributed by atoms with Crippen molar-refractivity contribution in [2.75, 3.05) is 26.3 Å². The van der Waals surface area contributed by atoms with Gasteiger partial charge in [-0.2, -0.15) is 0 Å². The van der Waals surface area contributed by atoms with E-state index < -0.39 is 0 Å². The van der Waals surface area contributed by atoms with Crippen LogP contribution in [0, 0.1) is 63.1 Å². The summed E-state index contributed by atoms with van der Waals surface area (Å²) in [5.74, 6) is 3.30. The van der Waals surface area contributed by atoms with Gasteiger partial charge in [0.05, 0.1) is 19.3 Å². The monoisotopic (exact) mass is 667 g/mol. The summed E-state index contributed by atoms with van der Waals surface area (Å²) in [6.45, 7) is 23.6. The number of ether oxygens (including phenoxy) is 1. The third kappa shape index (κ3) is 6.13. The summed E-state index contributed by atoms with van der Waals surface area (Å²) in [7, 11) is 0. The summed E-state index contributed by atoms with van der Waals surface area (Å²) < 4.78 is 5.49. The smallest absolute Gasteiger partial charge is 0.226 e. The van der Waals surface area contributed by atoms with Gasteiger partial charge < -0.3 is 20.1 Å². The van der Waals surface area contributed by atoms with Crippen LogP contribution >= 0.6 is 0 Å². The Bertz CT molecular complexity index is 1210. The Morgan fingerprint density at radius 3 is 2.21 bits per heavy atom. The second-order valence-electron chi connectivity index (χ2n) is 19.2. The lowest BCUT2D eigenvalue weighted by Crippen LogP contribution is -2.64. The Hall–Kier alpha value is -1.40. The normalized spacial score (nSPS) is 46.2. The Morgan fingerprint density at radius 1 is 0.875 bits per heavy atom. The van der Waals surface area contributed by atoms with E-state index in [2.05, 4.69) is 60.4 Å². The standard InChI is InChI=1S/C42H70N2O4/c1-27(2)25-30-13-14-32(37(46)43-36-26-33(39(36,5)6)38(47)44-21-23-48-24-22-44)42(30)17-9-11-28(3)40(7)19-15-31-29(4)34(45)16-20-41(31,8)35(40)12-10-18-42/h28-36,45H,1,9-26H2,2-8H3,(H,43,46). The van der Waals surface area contributed by atoms with Crippen LogP contribution in [-0.2, 0) is 14.3 Å². The van der Waals surface area contributed by atoms with Gasteiger partial charge in [-0.1, -0.05) is 66.4 Å². The van der Waals surface area contributed by atoms with E-state index in [9.17, 15) is 14.7 Å². The van der Waals surface area contributed by atoms with Gasteiger partial charge in [-0.05, 0) is 129 Å². The van der Waals surface area contributed by atoms with Crippen LogP contribution in [0.3, 0.4) is 0 Å². The first-order chi connectivity index (χ1) is 22.6. The van der Waals surface area contributed by atoms with Crippen molar-refractivity contribution in [3.8, 4) is 0 Å². The van der Waals surface area contributed by atoms with E-state index in [1.165, 1.54) is 44.1 Å². The number of nitrogens with one attached hydrogen (secondary N) is 1. The molecule has 5 saturated carbocycles. The molecule has 272 valence electrons. The zero-order chi connectivity index (χ0) is 34.6. The molecule has 1 saturated heterocycles. The molecule has 1 spiro atoms. The van der Waals surface area contributed by atoms with Crippen LogP contribution in [-0.4, -0.2) is 60.3 Å². The number of fused-ring (bicyclic) bond motifs is 3. The number of hydrogen-bond donors (Lipinski definition) is 2. The van der Waals surface area contributed by atoms with Crippen molar-refractivity contribution in [1.29, 1.82) is 0 Å². The molecule has 6 nitrogen and oxygen atoms in total. The van der Waals surface area contributed by atoms with Crippen molar-refractivity contribution in [3.63, 3.8) is 0 Å². The molecule has 48 heavy (non-hydrogen) atoms. The molecule has 1 heterocycles. The van der Waals surface area contributed by atoms with Gasteiger partial charge in [-0.3, -0.25) is 9.59 Å². The first kappa shape index (κ1) is 36.4. The highest BCUT2D eigenvalue weighted by Gasteiger charge is 2.60. The molecule has 6 rings (SSSR count). The number of rotatable bonds is 5. The Kier molecular flexibility index (Phi) is 10.3. The van der Waals surface area contributed by atoms with Crippen LogP contribution in [0.25, 0.3) is 0 Å². The summed E-state index contributed by atoms with van der Waals surface area (Å²) in [5, 5.41) is 14.5. The molecular weight excluding hydrogens is 596 g/mol. The quantitative estimate of drug-likeness (QED) is 0.290. The van der Waals surface area contributed by atoms with Gasteiger partial charge in [-0.15, -0.1) is 6.58 Å². The molecule has 6 heteroatoms. The molecule has 2 N–H and O–H groups in total. The lowest BCUT2D eigenvalue weighted by Gasteiger charge is -2.63. The van der Waals surface area contributed by atoms with Crippen molar-refractivity contribution in [1.82, 2.24) is 10.2 Å². The average molecular weight is 667 g/mol. The number of hydrogen-bond acceptors (Lipinski definition) is 4. The number of carbonyl (C=O) groups is 2. The van der Waals surface area contributed by atoms with Crippen LogP contribution in [0.4, 0.5) is 0 Å². The predicted octanol–water partition coefficient (Wildman–Crippen LogP) is 8.17. The minimum Gasteiger partial charge on any atom is -0.393 e. The predicted molar refractivity (Wildman–Crippen MR) is 193 cm³/mol. The van der Waals surface area contributed by atoms with Gasteiger partial charge in [0, 0.05) is 31.0 Å². The molecule has 12 atom stereocenters. The summed E-state index contributed by atoms with van der Waals surface area (Å²) in [4.78, 5) is 30.0. The summed E-state index contributed by atoms with van der Waals surface area (Å²) in [6, 6.07) is 0.0419. The molecule has 12 unspecified atom stereocenters. The van der Waals surface area contributed by atoms with Crippen molar-refractivity contribution < 1.29 is 19.4 Å². The number of aliphatic hydroxyl groups is 1. The molecule has 0 aromatic rings. The number of aliphatic hydroxyl groups excluding tert-OH is 1. The minimum atomic E-state index is -0.248. The number of amides is 2. The number of morpholine rings is 1. The van der Waals surface area contributed by atoms with Gasteiger partial charge in [0.25, 0.3) is 0 Å². The highest BCUT2D eigenvalue weighted by atomic mass is 16.5. The van der Waals surface area contributed by atoms with Gasteiger partial charge >= 0.3 is 0 Å². The molecule has 0 aromatic heterocycles. The minimum absolute atomic E-state index is 0.0123. The van der Waals surface area contributed by atoms with Crippen LogP contribution < -0.4 is 5.32 Å². The SMILES string of the molecule is C=C(C)CC1CCC(C(=O)NC2CC(C(=O)N3CCOCC3)C2(C)C)C12CCCC(C)C1(C)CCC3C(C)C(O)CCC3(C)C1CCC2. The maximum absolute atomic E-state index is 14.6. The third-order valence-electron chi connectivity index (χ3n) is 16.6. The van der Waals surface area contributed by atoms with E-state index in [-0.39, 0.29) is 52.0 Å². The molecule has 6 aliphatic rings. The van der Waals surface area contributed by atoms with Crippen molar-refractivity contribution in [2.45, 2.75) is 151 Å². The lowest BCUT2D eigenvalue weighted by molar-refractivity contribution is -0.156. The van der Waals surface area contributed by atoms with E-state index in [0.29, 0.717) is 61.3 Å². The van der Waals surface area contributed by atoms with E-state index >= 15 is 0 Å². The van der Waals surface area contributed by atoms with Crippen molar-refractivity contribution >= 4 is 11.8 Å². The average Bonchev–Trinajstić information content (AvgIpc) is 3.38. The maximum atomic E-state index is 14.6. The number of nitrogens with zero attached hydrogens (tertiary/aromatic N) is 1. The molecular formula is C42H70N2O4. The first-order valence-electron chi connectivity index (χ1n) is 20.1. The van der Waals surface area contributed by atoms with E-state index in [0.717, 1.165) is 51.4 Å². The largest absolute Gasteiger partial charge is 0.393 e. The Balaban J connectivity index is 1.21. The van der Waals surface area contributed by atoms with Gasteiger partial charge in [0.1, 0.15) is 0 Å². The summed E-state index contributed by atoms with van der Waals surface area (Å²) in [6.07, 6.45) is 15.5. The van der Waals surface area contributed by atoms with Crippen LogP contribution in [0.2, 0.25) is 0 Å². The fourth-order valence-corrected chi connectivity index (χ4v) is 13.2. The molecule has 0 aromatic carbocycles. The van der Waals surface area contributed by atoms with E-state index in [4.69, 9.17) is 4.74 Å². The fourth-order valence-electron chi connectivity index (χ4n) is 13.2. The third-order valence-corrected chi connectivity index (χ3v) is 16.6. The zero-order valence-corrected chi connectivity index (χ0v) is 31.8. The second-order valence-corrected chi connectivity index (χ2v) is 19.2. The topological polar surface area (TPSA) is 78.9 Å². The molecule has 6 fully saturated rings. The van der Waals surface area contributed by atoms with Crippen molar-refractivity contribution in [2.24, 2.45) is 63.1 Å². The van der Waals surface area contributed by atoms with Crippen LogP contribution in [0.15, 0.2) is 12.2 Å². The van der Waals surface area contributed by atoms with E-state index in [1.54, 1.807) is 0 Å². The molecule has 0 radical (unpaired) electrons. The summed E-state index contributed by atoms with van der Waals surface area (Å²) >= 11 is 0. The fraction of sp³-hybridized carbons (Fsp3) is 0.905. The van der Waals surface area contributed by atoms with E-state index in [1.807, 2.05) is 4.90 Å². The maximum Gasteiger partial charge on any atom is 0.226 e. The number of allylic oxidation sites excluding steroid dienone is 1. The van der Waals surface area contributed by atoms with Gasteiger partial charge in [-0.25, -0.2) is 0 Å². The molecule has 1 aliphatic heterocycles. The Labute approximate surface area is 293 Å². The number of carbonyl (C=O) groups excluding carboxylic acids is 2. The molecule has 5 aliphatic carbocycles. The summed E-state index contributed by atoms with van der Waals surface area (Å²) in [5.41, 5.74) is 1.63. The van der Waals surface area contributed by atoms with Gasteiger partial charge in [0.2, 0.25) is 11.8 Å². The van der Waals surface area contributed by atoms with Gasteiger partial charge in [0.15, 0.2) is 0 Å². The lowest BCUT2D eigenvalue weighted by atomic mass is 9.42. The molecule has 0 bridgehead atoms. The highest BCUT2D eigenvalue weighted by molar-refractivity contribution is 5.83. The zero-order valence-electron chi connectivity index (χ0n) is 31.8.